The molecular weight excluding hydrogens is 292 g/mol. The molecule has 0 amide bonds. The average Bonchev–Trinajstić information content (AvgIpc) is 3.11. The molecule has 1 aromatic carbocycles. The monoisotopic (exact) mass is 308 g/mol. The Kier molecular flexibility index (Phi) is 3.18. The van der Waals surface area contributed by atoms with E-state index in [9.17, 15) is 0 Å². The summed E-state index contributed by atoms with van der Waals surface area (Å²) in [6.45, 7) is 2.55. The van der Waals surface area contributed by atoms with Gasteiger partial charge in [-0.25, -0.2) is 15.0 Å². The fraction of sp³-hybridized carbons (Fsp3) is 0.250. The number of benzene rings is 1. The topological polar surface area (TPSA) is 81.7 Å². The van der Waals surface area contributed by atoms with Gasteiger partial charge >= 0.3 is 0 Å². The van der Waals surface area contributed by atoms with E-state index < -0.39 is 0 Å². The number of nitrogens with one attached hydrogen (secondary N) is 1. The Morgan fingerprint density at radius 3 is 2.91 bits per heavy atom. The highest BCUT2D eigenvalue weighted by Crippen LogP contribution is 2.20. The third-order valence-electron chi connectivity index (χ3n) is 3.67. The molecule has 0 unspecified atom stereocenters. The fourth-order valence-electron chi connectivity index (χ4n) is 2.58. The molecule has 0 radical (unpaired) electrons. The molecule has 1 N–H and O–H groups in total. The van der Waals surface area contributed by atoms with Crippen molar-refractivity contribution in [2.45, 2.75) is 13.3 Å². The summed E-state index contributed by atoms with van der Waals surface area (Å²) in [4.78, 5) is 13.3. The van der Waals surface area contributed by atoms with Gasteiger partial charge in [-0.05, 0) is 19.1 Å². The lowest BCUT2D eigenvalue weighted by atomic mass is 10.3. The van der Waals surface area contributed by atoms with Gasteiger partial charge in [0.1, 0.15) is 17.2 Å². The minimum Gasteiger partial charge on any atom is -0.441 e. The van der Waals surface area contributed by atoms with Gasteiger partial charge in [0.15, 0.2) is 17.1 Å². The van der Waals surface area contributed by atoms with Crippen molar-refractivity contribution in [2.24, 2.45) is 7.05 Å². The van der Waals surface area contributed by atoms with E-state index in [4.69, 9.17) is 4.42 Å². The highest BCUT2D eigenvalue weighted by Gasteiger charge is 2.10. The van der Waals surface area contributed by atoms with Gasteiger partial charge in [0.05, 0.1) is 11.6 Å². The number of hydrogen-bond donors (Lipinski definition) is 1. The Hall–Kier alpha value is -2.96. The third-order valence-corrected chi connectivity index (χ3v) is 3.67. The largest absolute Gasteiger partial charge is 0.441 e. The van der Waals surface area contributed by atoms with Gasteiger partial charge in [0.2, 0.25) is 0 Å². The molecule has 4 aromatic rings. The van der Waals surface area contributed by atoms with E-state index in [0.29, 0.717) is 24.7 Å². The third kappa shape index (κ3) is 2.50. The molecule has 0 aliphatic rings. The summed E-state index contributed by atoms with van der Waals surface area (Å²) in [5, 5.41) is 8.48. The number of hydrogen-bond acceptors (Lipinski definition) is 6. The Balaban J connectivity index is 1.53. The zero-order valence-electron chi connectivity index (χ0n) is 12.9. The lowest BCUT2D eigenvalue weighted by Gasteiger charge is -2.06. The molecule has 116 valence electrons. The first-order valence-corrected chi connectivity index (χ1v) is 7.45. The second-order valence-electron chi connectivity index (χ2n) is 5.38. The number of para-hydroxylation sites is 2. The number of fused-ring (bicyclic) bond motifs is 2. The maximum absolute atomic E-state index is 5.72. The van der Waals surface area contributed by atoms with Crippen molar-refractivity contribution in [2.75, 3.05) is 11.9 Å². The second-order valence-corrected chi connectivity index (χ2v) is 5.38. The molecule has 0 fully saturated rings. The molecule has 7 heteroatoms. The smallest absolute Gasteiger partial charge is 0.197 e. The van der Waals surface area contributed by atoms with Gasteiger partial charge in [-0.1, -0.05) is 12.1 Å². The molecule has 23 heavy (non-hydrogen) atoms. The minimum absolute atomic E-state index is 0.674. The summed E-state index contributed by atoms with van der Waals surface area (Å²) in [6, 6.07) is 7.77. The molecule has 3 aromatic heterocycles. The standard InChI is InChI=1S/C16H16N6O/c1-10-19-15(11-9-18-22(2)16(11)20-10)17-8-7-14-21-12-5-3-4-6-13(12)23-14/h3-6,9H,7-8H2,1-2H3,(H,17,19,20). The summed E-state index contributed by atoms with van der Waals surface area (Å²) < 4.78 is 7.47. The van der Waals surface area contributed by atoms with Crippen LogP contribution in [0.1, 0.15) is 11.7 Å². The van der Waals surface area contributed by atoms with E-state index in [0.717, 1.165) is 28.0 Å². The molecule has 0 aliphatic carbocycles. The van der Waals surface area contributed by atoms with Crippen LogP contribution in [0.5, 0.6) is 0 Å². The summed E-state index contributed by atoms with van der Waals surface area (Å²) in [6.07, 6.45) is 2.45. The lowest BCUT2D eigenvalue weighted by molar-refractivity contribution is 0.534. The van der Waals surface area contributed by atoms with E-state index in [1.54, 1.807) is 10.9 Å². The van der Waals surface area contributed by atoms with Crippen LogP contribution in [0, 0.1) is 6.92 Å². The van der Waals surface area contributed by atoms with E-state index in [-0.39, 0.29) is 0 Å². The lowest BCUT2D eigenvalue weighted by Crippen LogP contribution is -2.08. The van der Waals surface area contributed by atoms with E-state index >= 15 is 0 Å². The van der Waals surface area contributed by atoms with Gasteiger partial charge < -0.3 is 9.73 Å². The van der Waals surface area contributed by atoms with E-state index in [1.165, 1.54) is 0 Å². The minimum atomic E-state index is 0.674. The Bertz CT molecular complexity index is 954. The number of aromatic nitrogens is 5. The first kappa shape index (κ1) is 13.7. The molecule has 0 saturated carbocycles. The maximum atomic E-state index is 5.72. The van der Waals surface area contributed by atoms with Gasteiger partial charge in [0.25, 0.3) is 0 Å². The van der Waals surface area contributed by atoms with Crippen molar-refractivity contribution in [3.05, 3.63) is 42.2 Å². The van der Waals surface area contributed by atoms with Crippen LogP contribution < -0.4 is 5.32 Å². The summed E-state index contributed by atoms with van der Waals surface area (Å²) in [5.41, 5.74) is 2.52. The fourth-order valence-corrected chi connectivity index (χ4v) is 2.58. The van der Waals surface area contributed by atoms with Crippen molar-refractivity contribution < 1.29 is 4.42 Å². The molecule has 4 rings (SSSR count). The quantitative estimate of drug-likeness (QED) is 0.623. The first-order valence-electron chi connectivity index (χ1n) is 7.45. The van der Waals surface area contributed by atoms with Gasteiger partial charge in [-0.3, -0.25) is 4.68 Å². The summed E-state index contributed by atoms with van der Waals surface area (Å²) >= 11 is 0. The predicted octanol–water partition coefficient (Wildman–Crippen LogP) is 2.47. The van der Waals surface area contributed by atoms with Crippen molar-refractivity contribution in [1.29, 1.82) is 0 Å². The second kappa shape index (κ2) is 5.35. The van der Waals surface area contributed by atoms with Crippen LogP contribution in [-0.4, -0.2) is 31.3 Å². The highest BCUT2D eigenvalue weighted by atomic mass is 16.3. The molecule has 0 spiro atoms. The zero-order chi connectivity index (χ0) is 15.8. The maximum Gasteiger partial charge on any atom is 0.197 e. The normalized spacial score (nSPS) is 11.4. The van der Waals surface area contributed by atoms with Crippen LogP contribution in [0.3, 0.4) is 0 Å². The number of aryl methyl sites for hydroxylation is 2. The van der Waals surface area contributed by atoms with Gasteiger partial charge in [0, 0.05) is 20.0 Å². The van der Waals surface area contributed by atoms with Crippen molar-refractivity contribution in [1.82, 2.24) is 24.7 Å². The molecule has 3 heterocycles. The average molecular weight is 308 g/mol. The van der Waals surface area contributed by atoms with Crippen LogP contribution in [0.15, 0.2) is 34.9 Å². The number of anilines is 1. The first-order chi connectivity index (χ1) is 11.2. The van der Waals surface area contributed by atoms with Crippen molar-refractivity contribution in [3.8, 4) is 0 Å². The summed E-state index contributed by atoms with van der Waals surface area (Å²) in [7, 11) is 1.87. The van der Waals surface area contributed by atoms with Crippen LogP contribution in [-0.2, 0) is 13.5 Å². The highest BCUT2D eigenvalue weighted by molar-refractivity contribution is 5.86. The van der Waals surface area contributed by atoms with Crippen molar-refractivity contribution in [3.63, 3.8) is 0 Å². The zero-order valence-corrected chi connectivity index (χ0v) is 12.9. The Morgan fingerprint density at radius 1 is 1.17 bits per heavy atom. The Labute approximate surface area is 132 Å². The SMILES string of the molecule is Cc1nc(NCCc2nc3ccccc3o2)c2cnn(C)c2n1. The van der Waals surface area contributed by atoms with Crippen molar-refractivity contribution >= 4 is 28.0 Å². The van der Waals surface area contributed by atoms with E-state index in [2.05, 4.69) is 25.4 Å². The van der Waals surface area contributed by atoms with E-state index in [1.807, 2.05) is 38.2 Å². The molecule has 0 bridgehead atoms. The molecule has 0 aliphatic heterocycles. The summed E-state index contributed by atoms with van der Waals surface area (Å²) in [5.74, 6) is 2.22. The number of nitrogens with zero attached hydrogens (tertiary/aromatic N) is 5. The molecule has 7 nitrogen and oxygen atoms in total. The Morgan fingerprint density at radius 2 is 2.04 bits per heavy atom. The van der Waals surface area contributed by atoms with Crippen LogP contribution in [0.25, 0.3) is 22.1 Å². The number of oxazole rings is 1. The van der Waals surface area contributed by atoms with Crippen LogP contribution in [0.2, 0.25) is 0 Å². The predicted molar refractivity (Wildman–Crippen MR) is 87.2 cm³/mol. The number of rotatable bonds is 4. The van der Waals surface area contributed by atoms with Crippen LogP contribution >= 0.6 is 0 Å². The van der Waals surface area contributed by atoms with Gasteiger partial charge in [-0.2, -0.15) is 5.10 Å². The van der Waals surface area contributed by atoms with Crippen LogP contribution in [0.4, 0.5) is 5.82 Å². The molecular formula is C16H16N6O. The molecule has 0 saturated heterocycles. The molecule has 0 atom stereocenters. The van der Waals surface area contributed by atoms with Gasteiger partial charge in [-0.15, -0.1) is 0 Å².